The summed E-state index contributed by atoms with van der Waals surface area (Å²) < 4.78 is 0. The molecule has 4 rings (SSSR count). The Kier molecular flexibility index (Phi) is 2.62. The van der Waals surface area contributed by atoms with Crippen molar-refractivity contribution in [3.63, 3.8) is 0 Å². The molecule has 0 spiro atoms. The van der Waals surface area contributed by atoms with Crippen LogP contribution in [0.15, 0.2) is 18.2 Å². The number of rotatable bonds is 2. The van der Waals surface area contributed by atoms with Gasteiger partial charge in [-0.1, -0.05) is 6.07 Å². The van der Waals surface area contributed by atoms with Gasteiger partial charge in [0.05, 0.1) is 17.1 Å². The number of piperazine rings is 1. The van der Waals surface area contributed by atoms with Gasteiger partial charge in [0.25, 0.3) is 0 Å². The van der Waals surface area contributed by atoms with Gasteiger partial charge < -0.3 is 21.3 Å². The van der Waals surface area contributed by atoms with Crippen LogP contribution in [0.4, 0.5) is 17.1 Å². The molecule has 2 atom stereocenters. The van der Waals surface area contributed by atoms with Crippen LogP contribution in [0.25, 0.3) is 0 Å². The van der Waals surface area contributed by atoms with Crippen LogP contribution in [-0.4, -0.2) is 61.2 Å². The third-order valence-corrected chi connectivity index (χ3v) is 5.35. The average Bonchev–Trinajstić information content (AvgIpc) is 2.92. The summed E-state index contributed by atoms with van der Waals surface area (Å²) >= 11 is 0. The Hall–Kier alpha value is -1.46. The lowest BCUT2D eigenvalue weighted by Crippen LogP contribution is -2.63. The summed E-state index contributed by atoms with van der Waals surface area (Å²) in [5, 5.41) is 0. The lowest BCUT2D eigenvalue weighted by Gasteiger charge is -2.49. The van der Waals surface area contributed by atoms with Crippen molar-refractivity contribution in [2.75, 3.05) is 49.6 Å². The molecule has 5 nitrogen and oxygen atoms in total. The van der Waals surface area contributed by atoms with Gasteiger partial charge in [0.1, 0.15) is 0 Å². The first-order chi connectivity index (χ1) is 9.63. The Bertz CT molecular complexity index is 523. The normalized spacial score (nSPS) is 30.9. The van der Waals surface area contributed by atoms with Crippen molar-refractivity contribution < 1.29 is 0 Å². The van der Waals surface area contributed by atoms with Crippen LogP contribution >= 0.6 is 0 Å². The van der Waals surface area contributed by atoms with Crippen molar-refractivity contribution in [1.29, 1.82) is 0 Å². The van der Waals surface area contributed by atoms with Gasteiger partial charge >= 0.3 is 0 Å². The minimum atomic E-state index is 0.688. The lowest BCUT2D eigenvalue weighted by atomic mass is 10.0. The first kappa shape index (κ1) is 12.3. The average molecular weight is 273 g/mol. The molecule has 0 radical (unpaired) electrons. The van der Waals surface area contributed by atoms with E-state index in [1.165, 1.54) is 19.5 Å². The molecular weight excluding hydrogens is 250 g/mol. The van der Waals surface area contributed by atoms with Crippen LogP contribution in [0, 0.1) is 0 Å². The highest BCUT2D eigenvalue weighted by atomic mass is 15.4. The highest BCUT2D eigenvalue weighted by molar-refractivity contribution is 5.80. The van der Waals surface area contributed by atoms with E-state index < -0.39 is 0 Å². The summed E-state index contributed by atoms with van der Waals surface area (Å²) in [7, 11) is 2.25. The van der Waals surface area contributed by atoms with E-state index in [4.69, 9.17) is 11.5 Å². The van der Waals surface area contributed by atoms with E-state index >= 15 is 0 Å². The standard InChI is InChI=1S/C15H23N5/c1-18-6-11-5-10(18)9-20(11)12-7-19(8-12)14-4-2-3-13(16)15(14)17/h2-4,10-12H,5-9,16-17H2,1H3. The predicted octanol–water partition coefficient (Wildman–Crippen LogP) is 0.428. The Morgan fingerprint density at radius 1 is 1.00 bits per heavy atom. The van der Waals surface area contributed by atoms with Crippen molar-refractivity contribution in [2.24, 2.45) is 0 Å². The molecule has 0 aromatic heterocycles. The van der Waals surface area contributed by atoms with E-state index in [-0.39, 0.29) is 0 Å². The van der Waals surface area contributed by atoms with Crippen molar-refractivity contribution in [1.82, 2.24) is 9.80 Å². The van der Waals surface area contributed by atoms with Gasteiger partial charge in [0.2, 0.25) is 0 Å². The number of anilines is 3. The van der Waals surface area contributed by atoms with E-state index in [9.17, 15) is 0 Å². The van der Waals surface area contributed by atoms with Gasteiger partial charge in [0.15, 0.2) is 0 Å². The maximum atomic E-state index is 6.08. The highest BCUT2D eigenvalue weighted by Crippen LogP contribution is 2.37. The van der Waals surface area contributed by atoms with Crippen LogP contribution in [-0.2, 0) is 0 Å². The minimum Gasteiger partial charge on any atom is -0.397 e. The van der Waals surface area contributed by atoms with E-state index in [0.29, 0.717) is 11.7 Å². The largest absolute Gasteiger partial charge is 0.397 e. The number of fused-ring (bicyclic) bond motifs is 2. The predicted molar refractivity (Wildman–Crippen MR) is 82.8 cm³/mol. The second kappa shape index (κ2) is 4.27. The van der Waals surface area contributed by atoms with E-state index in [1.807, 2.05) is 12.1 Å². The molecule has 0 amide bonds. The first-order valence-electron chi connectivity index (χ1n) is 7.48. The summed E-state index contributed by atoms with van der Waals surface area (Å²) in [6, 6.07) is 8.18. The van der Waals surface area contributed by atoms with Crippen molar-refractivity contribution in [2.45, 2.75) is 24.5 Å². The van der Waals surface area contributed by atoms with Gasteiger partial charge in [0, 0.05) is 44.3 Å². The monoisotopic (exact) mass is 273 g/mol. The zero-order chi connectivity index (χ0) is 13.9. The van der Waals surface area contributed by atoms with Gasteiger partial charge in [-0.25, -0.2) is 0 Å². The number of nitrogens with zero attached hydrogens (tertiary/aromatic N) is 3. The second-order valence-electron chi connectivity index (χ2n) is 6.52. The number of likely N-dealkylation sites (N-methyl/N-ethyl adjacent to an activating group) is 1. The third kappa shape index (κ3) is 1.70. The molecule has 3 aliphatic rings. The molecule has 0 saturated carbocycles. The third-order valence-electron chi connectivity index (χ3n) is 5.35. The second-order valence-corrected chi connectivity index (χ2v) is 6.52. The molecule has 1 aromatic rings. The topological polar surface area (TPSA) is 61.8 Å². The van der Waals surface area contributed by atoms with Gasteiger partial charge in [-0.05, 0) is 25.6 Å². The molecule has 3 aliphatic heterocycles. The molecule has 3 heterocycles. The molecule has 5 heteroatoms. The molecule has 4 N–H and O–H groups in total. The number of nitrogens with two attached hydrogens (primary N) is 2. The Morgan fingerprint density at radius 3 is 2.45 bits per heavy atom. The Balaban J connectivity index is 1.42. The molecular formula is C15H23N5. The number of likely N-dealkylation sites (tertiary alicyclic amines) is 2. The molecule has 3 fully saturated rings. The van der Waals surface area contributed by atoms with Crippen LogP contribution in [0.5, 0.6) is 0 Å². The zero-order valence-electron chi connectivity index (χ0n) is 12.0. The maximum Gasteiger partial charge on any atom is 0.0785 e. The van der Waals surface area contributed by atoms with Crippen LogP contribution in [0.3, 0.4) is 0 Å². The molecule has 2 unspecified atom stereocenters. The van der Waals surface area contributed by atoms with Gasteiger partial charge in [-0.3, -0.25) is 4.90 Å². The summed E-state index contributed by atoms with van der Waals surface area (Å²) in [5.41, 5.74) is 14.5. The number of benzene rings is 1. The van der Waals surface area contributed by atoms with Crippen LogP contribution < -0.4 is 16.4 Å². The molecule has 3 saturated heterocycles. The molecule has 0 aliphatic carbocycles. The zero-order valence-corrected chi connectivity index (χ0v) is 12.0. The smallest absolute Gasteiger partial charge is 0.0785 e. The van der Waals surface area contributed by atoms with E-state index in [1.54, 1.807) is 0 Å². The summed E-state index contributed by atoms with van der Waals surface area (Å²) in [6.45, 7) is 4.65. The van der Waals surface area contributed by atoms with Crippen LogP contribution in [0.1, 0.15) is 6.42 Å². The molecule has 108 valence electrons. The van der Waals surface area contributed by atoms with Crippen LogP contribution in [0.2, 0.25) is 0 Å². The number of nitrogen functional groups attached to an aromatic ring is 2. The molecule has 2 bridgehead atoms. The fourth-order valence-corrected chi connectivity index (χ4v) is 4.05. The molecule has 1 aromatic carbocycles. The lowest BCUT2D eigenvalue weighted by molar-refractivity contribution is 0.0911. The van der Waals surface area contributed by atoms with E-state index in [2.05, 4.69) is 27.8 Å². The number of hydrogen-bond donors (Lipinski definition) is 2. The van der Waals surface area contributed by atoms with Gasteiger partial charge in [-0.2, -0.15) is 0 Å². The Morgan fingerprint density at radius 2 is 1.80 bits per heavy atom. The number of para-hydroxylation sites is 1. The minimum absolute atomic E-state index is 0.688. The summed E-state index contributed by atoms with van der Waals surface area (Å²) in [4.78, 5) is 7.57. The van der Waals surface area contributed by atoms with Crippen molar-refractivity contribution in [3.05, 3.63) is 18.2 Å². The fourth-order valence-electron chi connectivity index (χ4n) is 4.05. The maximum absolute atomic E-state index is 6.08. The van der Waals surface area contributed by atoms with Crippen molar-refractivity contribution >= 4 is 17.1 Å². The fraction of sp³-hybridized carbons (Fsp3) is 0.600. The SMILES string of the molecule is CN1CC2CC1CN2C1CN(c2cccc(N)c2N)C1. The number of hydrogen-bond acceptors (Lipinski definition) is 5. The summed E-state index contributed by atoms with van der Waals surface area (Å²) in [5.74, 6) is 0. The van der Waals surface area contributed by atoms with E-state index in [0.717, 1.165) is 36.5 Å². The first-order valence-corrected chi connectivity index (χ1v) is 7.48. The Labute approximate surface area is 120 Å². The highest BCUT2D eigenvalue weighted by Gasteiger charge is 2.47. The quantitative estimate of drug-likeness (QED) is 0.765. The van der Waals surface area contributed by atoms with Crippen molar-refractivity contribution in [3.8, 4) is 0 Å². The summed E-state index contributed by atoms with van der Waals surface area (Å²) in [6.07, 6.45) is 1.35. The molecule has 20 heavy (non-hydrogen) atoms. The van der Waals surface area contributed by atoms with Gasteiger partial charge in [-0.15, -0.1) is 0 Å².